The molecule has 0 saturated heterocycles. The molecule has 2 N–H and O–H groups in total. The number of hydrogen-bond acceptors (Lipinski definition) is 2. The van der Waals surface area contributed by atoms with Crippen molar-refractivity contribution in [1.82, 2.24) is 4.98 Å². The van der Waals surface area contributed by atoms with E-state index in [9.17, 15) is 4.79 Å². The summed E-state index contributed by atoms with van der Waals surface area (Å²) in [4.78, 5) is 14.3. The Morgan fingerprint density at radius 2 is 1.93 bits per heavy atom. The molecule has 3 nitrogen and oxygen atoms in total. The van der Waals surface area contributed by atoms with Gasteiger partial charge in [-0.2, -0.15) is 0 Å². The highest BCUT2D eigenvalue weighted by molar-refractivity contribution is 5.42. The summed E-state index contributed by atoms with van der Waals surface area (Å²) < 4.78 is 0. The zero-order chi connectivity index (χ0) is 10.5. The zero-order valence-corrected chi connectivity index (χ0v) is 8.23. The average Bonchev–Trinajstić information content (AvgIpc) is 2.29. The van der Waals surface area contributed by atoms with Crippen LogP contribution in [0.3, 0.4) is 0 Å². The molecule has 1 aromatic carbocycles. The van der Waals surface area contributed by atoms with Gasteiger partial charge in [0.25, 0.3) is 0 Å². The molecule has 0 unspecified atom stereocenters. The molecule has 0 aliphatic rings. The van der Waals surface area contributed by atoms with E-state index in [1.54, 1.807) is 12.4 Å². The van der Waals surface area contributed by atoms with Crippen LogP contribution in [0.25, 0.3) is 0 Å². The van der Waals surface area contributed by atoms with Crippen molar-refractivity contribution in [3.05, 3.63) is 64.6 Å². The van der Waals surface area contributed by atoms with E-state index in [1.807, 2.05) is 30.3 Å². The number of benzene rings is 1. The van der Waals surface area contributed by atoms with Crippen LogP contribution in [0.15, 0.2) is 53.6 Å². The van der Waals surface area contributed by atoms with Crippen LogP contribution >= 0.6 is 0 Å². The van der Waals surface area contributed by atoms with Crippen LogP contribution in [0.5, 0.6) is 0 Å². The number of hydrogen-bond donors (Lipinski definition) is 2. The molecule has 0 amide bonds. The molecule has 2 aromatic rings. The zero-order valence-electron chi connectivity index (χ0n) is 8.23. The van der Waals surface area contributed by atoms with Crippen molar-refractivity contribution in [2.75, 3.05) is 5.32 Å². The van der Waals surface area contributed by atoms with E-state index in [0.29, 0.717) is 6.54 Å². The molecule has 0 aliphatic heterocycles. The first kappa shape index (κ1) is 9.52. The van der Waals surface area contributed by atoms with Gasteiger partial charge in [0.1, 0.15) is 0 Å². The number of anilines is 1. The number of nitrogens with one attached hydrogen (secondary N) is 2. The lowest BCUT2D eigenvalue weighted by Gasteiger charge is -2.04. The molecular formula is C12H12N2O. The van der Waals surface area contributed by atoms with Crippen LogP contribution in [0.1, 0.15) is 5.56 Å². The van der Waals surface area contributed by atoms with E-state index < -0.39 is 0 Å². The molecule has 0 radical (unpaired) electrons. The second-order valence-electron chi connectivity index (χ2n) is 3.25. The standard InChI is InChI=1S/C12H12N2O/c15-12-6-7-13-8-10(12)9-14-11-4-2-1-3-5-11/h1-8,14H,9H2,(H,13,15). The van der Waals surface area contributed by atoms with Crippen LogP contribution in [-0.4, -0.2) is 4.98 Å². The van der Waals surface area contributed by atoms with E-state index in [2.05, 4.69) is 10.3 Å². The number of aromatic nitrogens is 1. The van der Waals surface area contributed by atoms with Gasteiger partial charge in [-0.25, -0.2) is 0 Å². The molecule has 1 aromatic heterocycles. The molecular weight excluding hydrogens is 188 g/mol. The lowest BCUT2D eigenvalue weighted by atomic mass is 10.2. The Balaban J connectivity index is 2.06. The molecule has 0 atom stereocenters. The molecule has 0 fully saturated rings. The van der Waals surface area contributed by atoms with Crippen LogP contribution in [0, 0.1) is 0 Å². The maximum absolute atomic E-state index is 11.4. The summed E-state index contributed by atoms with van der Waals surface area (Å²) in [6.45, 7) is 0.542. The van der Waals surface area contributed by atoms with E-state index in [-0.39, 0.29) is 5.43 Å². The predicted molar refractivity (Wildman–Crippen MR) is 60.8 cm³/mol. The molecule has 1 heterocycles. The highest BCUT2D eigenvalue weighted by Gasteiger charge is 1.96. The van der Waals surface area contributed by atoms with Gasteiger partial charge < -0.3 is 10.3 Å². The van der Waals surface area contributed by atoms with Gasteiger partial charge in [-0.3, -0.25) is 4.79 Å². The Morgan fingerprint density at radius 1 is 1.13 bits per heavy atom. The normalized spacial score (nSPS) is 9.87. The second-order valence-corrected chi connectivity index (χ2v) is 3.25. The van der Waals surface area contributed by atoms with E-state index in [0.717, 1.165) is 11.3 Å². The third-order valence-corrected chi connectivity index (χ3v) is 2.16. The summed E-state index contributed by atoms with van der Waals surface area (Å²) in [7, 11) is 0. The monoisotopic (exact) mass is 200 g/mol. The van der Waals surface area contributed by atoms with Crippen LogP contribution in [0.2, 0.25) is 0 Å². The summed E-state index contributed by atoms with van der Waals surface area (Å²) in [6.07, 6.45) is 3.35. The third kappa shape index (κ3) is 2.47. The summed E-state index contributed by atoms with van der Waals surface area (Å²) >= 11 is 0. The molecule has 0 saturated carbocycles. The molecule has 2 rings (SSSR count). The summed E-state index contributed by atoms with van der Waals surface area (Å²) in [5, 5.41) is 3.18. The third-order valence-electron chi connectivity index (χ3n) is 2.16. The average molecular weight is 200 g/mol. The molecule has 0 bridgehead atoms. The first-order valence-corrected chi connectivity index (χ1v) is 4.81. The van der Waals surface area contributed by atoms with Gasteiger partial charge >= 0.3 is 0 Å². The predicted octanol–water partition coefficient (Wildman–Crippen LogP) is 1.99. The minimum Gasteiger partial charge on any atom is -0.381 e. The van der Waals surface area contributed by atoms with Gasteiger partial charge in [-0.1, -0.05) is 18.2 Å². The van der Waals surface area contributed by atoms with Gasteiger partial charge in [0.05, 0.1) is 0 Å². The van der Waals surface area contributed by atoms with Crippen molar-refractivity contribution in [1.29, 1.82) is 0 Å². The van der Waals surface area contributed by atoms with Crippen molar-refractivity contribution < 1.29 is 0 Å². The molecule has 76 valence electrons. The number of aromatic amines is 1. The maximum atomic E-state index is 11.4. The van der Waals surface area contributed by atoms with E-state index in [1.165, 1.54) is 6.07 Å². The Bertz CT molecular complexity index is 476. The largest absolute Gasteiger partial charge is 0.381 e. The number of para-hydroxylation sites is 1. The fraction of sp³-hybridized carbons (Fsp3) is 0.0833. The van der Waals surface area contributed by atoms with Gasteiger partial charge in [-0.15, -0.1) is 0 Å². The van der Waals surface area contributed by atoms with Crippen LogP contribution < -0.4 is 10.7 Å². The number of pyridine rings is 1. The van der Waals surface area contributed by atoms with Gasteiger partial charge in [0.15, 0.2) is 5.43 Å². The second kappa shape index (κ2) is 4.46. The quantitative estimate of drug-likeness (QED) is 0.795. The minimum absolute atomic E-state index is 0.0529. The summed E-state index contributed by atoms with van der Waals surface area (Å²) in [6, 6.07) is 11.3. The SMILES string of the molecule is O=c1cc[nH]cc1CNc1ccccc1. The van der Waals surface area contributed by atoms with Crippen molar-refractivity contribution in [2.24, 2.45) is 0 Å². The van der Waals surface area contributed by atoms with E-state index >= 15 is 0 Å². The molecule has 15 heavy (non-hydrogen) atoms. The van der Waals surface area contributed by atoms with Crippen LogP contribution in [0.4, 0.5) is 5.69 Å². The minimum atomic E-state index is 0.0529. The molecule has 0 aliphatic carbocycles. The summed E-state index contributed by atoms with van der Waals surface area (Å²) in [5.41, 5.74) is 1.80. The number of H-pyrrole nitrogens is 1. The number of rotatable bonds is 3. The van der Waals surface area contributed by atoms with Crippen molar-refractivity contribution in [3.63, 3.8) is 0 Å². The fourth-order valence-electron chi connectivity index (χ4n) is 1.34. The lowest BCUT2D eigenvalue weighted by Crippen LogP contribution is -2.11. The van der Waals surface area contributed by atoms with E-state index in [4.69, 9.17) is 0 Å². The van der Waals surface area contributed by atoms with Gasteiger partial charge in [0.2, 0.25) is 0 Å². The first-order valence-electron chi connectivity index (χ1n) is 4.81. The molecule has 3 heteroatoms. The first-order chi connectivity index (χ1) is 7.36. The molecule has 0 spiro atoms. The summed E-state index contributed by atoms with van der Waals surface area (Å²) in [5.74, 6) is 0. The van der Waals surface area contributed by atoms with Crippen molar-refractivity contribution in [2.45, 2.75) is 6.54 Å². The van der Waals surface area contributed by atoms with Crippen LogP contribution in [-0.2, 0) is 6.54 Å². The Hall–Kier alpha value is -2.03. The highest BCUT2D eigenvalue weighted by atomic mass is 16.1. The van der Waals surface area contributed by atoms with Crippen molar-refractivity contribution >= 4 is 5.69 Å². The lowest BCUT2D eigenvalue weighted by molar-refractivity contribution is 1.09. The smallest absolute Gasteiger partial charge is 0.186 e. The van der Waals surface area contributed by atoms with Crippen molar-refractivity contribution in [3.8, 4) is 0 Å². The Labute approximate surface area is 87.8 Å². The Kier molecular flexibility index (Phi) is 2.83. The topological polar surface area (TPSA) is 44.9 Å². The van der Waals surface area contributed by atoms with Gasteiger partial charge in [0, 0.05) is 36.3 Å². The maximum Gasteiger partial charge on any atom is 0.186 e. The van der Waals surface area contributed by atoms with Gasteiger partial charge in [-0.05, 0) is 12.1 Å². The Morgan fingerprint density at radius 3 is 2.67 bits per heavy atom. The highest BCUT2D eigenvalue weighted by Crippen LogP contribution is 2.05. The fourth-order valence-corrected chi connectivity index (χ4v) is 1.34.